The Kier molecular flexibility index (Phi) is 4.24. The highest BCUT2D eigenvalue weighted by Gasteiger charge is 2.27. The van der Waals surface area contributed by atoms with Gasteiger partial charge in [0.15, 0.2) is 0 Å². The van der Waals surface area contributed by atoms with Gasteiger partial charge in [-0.05, 0) is 44.1 Å². The number of halogens is 2. The van der Waals surface area contributed by atoms with Crippen molar-refractivity contribution in [3.63, 3.8) is 0 Å². The van der Waals surface area contributed by atoms with E-state index < -0.39 is 21.1 Å². The second-order valence-electron chi connectivity index (χ2n) is 4.22. The molecular formula is C11H14BrFN2O2S. The van der Waals surface area contributed by atoms with Crippen molar-refractivity contribution in [2.75, 3.05) is 17.8 Å². The predicted molar refractivity (Wildman–Crippen MR) is 72.5 cm³/mol. The van der Waals surface area contributed by atoms with E-state index in [0.29, 0.717) is 30.4 Å². The van der Waals surface area contributed by atoms with E-state index in [1.54, 1.807) is 0 Å². The molecule has 0 unspecified atom stereocenters. The lowest BCUT2D eigenvalue weighted by Gasteiger charge is -2.23. The number of anilines is 1. The molecule has 0 bridgehead atoms. The van der Waals surface area contributed by atoms with Crippen LogP contribution in [0.3, 0.4) is 0 Å². The molecule has 0 amide bonds. The highest BCUT2D eigenvalue weighted by Crippen LogP contribution is 2.23. The molecule has 2 N–H and O–H groups in total. The van der Waals surface area contributed by atoms with Crippen molar-refractivity contribution >= 4 is 31.6 Å². The minimum Gasteiger partial charge on any atom is -0.317 e. The number of hydrogen-bond donors (Lipinski definition) is 2. The largest absolute Gasteiger partial charge is 0.317 e. The summed E-state index contributed by atoms with van der Waals surface area (Å²) in [5.74, 6) is -0.573. The molecule has 1 saturated heterocycles. The van der Waals surface area contributed by atoms with Crippen LogP contribution in [0.2, 0.25) is 0 Å². The average molecular weight is 337 g/mol. The number of nitrogens with one attached hydrogen (secondary N) is 2. The van der Waals surface area contributed by atoms with Crippen molar-refractivity contribution in [3.05, 3.63) is 28.5 Å². The van der Waals surface area contributed by atoms with E-state index in [2.05, 4.69) is 26.0 Å². The fourth-order valence-corrected chi connectivity index (χ4v) is 3.77. The molecule has 1 aromatic rings. The molecule has 0 atom stereocenters. The molecule has 1 fully saturated rings. The van der Waals surface area contributed by atoms with Crippen molar-refractivity contribution in [2.24, 2.45) is 0 Å². The minimum absolute atomic E-state index is 0.0112. The smallest absolute Gasteiger partial charge is 0.235 e. The molecule has 100 valence electrons. The fourth-order valence-electron chi connectivity index (χ4n) is 1.92. The Morgan fingerprint density at radius 3 is 2.67 bits per heavy atom. The maximum atomic E-state index is 13.5. The zero-order valence-electron chi connectivity index (χ0n) is 9.62. The van der Waals surface area contributed by atoms with Crippen LogP contribution in [-0.4, -0.2) is 26.8 Å². The van der Waals surface area contributed by atoms with Crippen LogP contribution in [0.15, 0.2) is 22.7 Å². The van der Waals surface area contributed by atoms with Crippen LogP contribution in [0.1, 0.15) is 12.8 Å². The Labute approximate surface area is 114 Å². The van der Waals surface area contributed by atoms with Gasteiger partial charge < -0.3 is 5.32 Å². The van der Waals surface area contributed by atoms with Crippen LogP contribution < -0.4 is 10.0 Å². The SMILES string of the molecule is O=S(=O)(Nc1cc(Br)ccc1F)C1CCNCC1. The van der Waals surface area contributed by atoms with E-state index in [0.717, 1.165) is 0 Å². The summed E-state index contributed by atoms with van der Waals surface area (Å²) in [6.07, 6.45) is 1.09. The Bertz CT molecular complexity index is 530. The van der Waals surface area contributed by atoms with Crippen LogP contribution in [0, 0.1) is 5.82 Å². The standard InChI is InChI=1S/C11H14BrFN2O2S/c12-8-1-2-10(13)11(7-8)15-18(16,17)9-3-5-14-6-4-9/h1-2,7,9,14-15H,3-6H2. The van der Waals surface area contributed by atoms with Gasteiger partial charge in [-0.1, -0.05) is 15.9 Å². The topological polar surface area (TPSA) is 58.2 Å². The first kappa shape index (κ1) is 13.8. The summed E-state index contributed by atoms with van der Waals surface area (Å²) in [6, 6.07) is 4.18. The minimum atomic E-state index is -3.53. The van der Waals surface area contributed by atoms with Crippen LogP contribution in [0.4, 0.5) is 10.1 Å². The summed E-state index contributed by atoms with van der Waals surface area (Å²) in [5.41, 5.74) is -0.0112. The lowest BCUT2D eigenvalue weighted by molar-refractivity contribution is 0.498. The molecule has 4 nitrogen and oxygen atoms in total. The third-order valence-corrected chi connectivity index (χ3v) is 5.25. The van der Waals surface area contributed by atoms with Gasteiger partial charge in [0.2, 0.25) is 10.0 Å². The van der Waals surface area contributed by atoms with E-state index in [9.17, 15) is 12.8 Å². The highest BCUT2D eigenvalue weighted by atomic mass is 79.9. The molecule has 1 heterocycles. The lowest BCUT2D eigenvalue weighted by atomic mass is 10.2. The summed E-state index contributed by atoms with van der Waals surface area (Å²) in [4.78, 5) is 0. The van der Waals surface area contributed by atoms with E-state index in [1.807, 2.05) is 0 Å². The first-order chi connectivity index (χ1) is 8.49. The third kappa shape index (κ3) is 3.21. The molecule has 1 aromatic carbocycles. The number of hydrogen-bond acceptors (Lipinski definition) is 3. The number of rotatable bonds is 3. The third-order valence-electron chi connectivity index (χ3n) is 2.91. The molecule has 7 heteroatoms. The summed E-state index contributed by atoms with van der Waals surface area (Å²) in [6.45, 7) is 1.35. The molecule has 18 heavy (non-hydrogen) atoms. The summed E-state index contributed by atoms with van der Waals surface area (Å²) in [5, 5.41) is 2.64. The van der Waals surface area contributed by atoms with E-state index in [1.165, 1.54) is 18.2 Å². The highest BCUT2D eigenvalue weighted by molar-refractivity contribution is 9.10. The number of piperidine rings is 1. The second-order valence-corrected chi connectivity index (χ2v) is 7.10. The van der Waals surface area contributed by atoms with Gasteiger partial charge in [0.25, 0.3) is 0 Å². The van der Waals surface area contributed by atoms with Gasteiger partial charge in [-0.2, -0.15) is 0 Å². The molecule has 0 spiro atoms. The molecule has 0 saturated carbocycles. The molecule has 1 aliphatic rings. The Morgan fingerprint density at radius 2 is 2.00 bits per heavy atom. The average Bonchev–Trinajstić information content (AvgIpc) is 2.35. The summed E-state index contributed by atoms with van der Waals surface area (Å²) in [7, 11) is -3.53. The van der Waals surface area contributed by atoms with Crippen molar-refractivity contribution in [1.82, 2.24) is 5.32 Å². The Morgan fingerprint density at radius 1 is 1.33 bits per heavy atom. The molecule has 0 aliphatic carbocycles. The Hall–Kier alpha value is -0.660. The first-order valence-electron chi connectivity index (χ1n) is 5.66. The van der Waals surface area contributed by atoms with Crippen LogP contribution in [-0.2, 0) is 10.0 Å². The monoisotopic (exact) mass is 336 g/mol. The van der Waals surface area contributed by atoms with Crippen molar-refractivity contribution in [1.29, 1.82) is 0 Å². The van der Waals surface area contributed by atoms with Crippen molar-refractivity contribution in [3.8, 4) is 0 Å². The molecule has 0 radical (unpaired) electrons. The van der Waals surface area contributed by atoms with Gasteiger partial charge >= 0.3 is 0 Å². The second kappa shape index (κ2) is 5.54. The van der Waals surface area contributed by atoms with E-state index >= 15 is 0 Å². The van der Waals surface area contributed by atoms with Crippen LogP contribution >= 0.6 is 15.9 Å². The quantitative estimate of drug-likeness (QED) is 0.888. The lowest BCUT2D eigenvalue weighted by Crippen LogP contribution is -2.38. The molecule has 2 rings (SSSR count). The van der Waals surface area contributed by atoms with E-state index in [-0.39, 0.29) is 5.69 Å². The number of sulfonamides is 1. The first-order valence-corrected chi connectivity index (χ1v) is 8.00. The van der Waals surface area contributed by atoms with Gasteiger partial charge in [-0.15, -0.1) is 0 Å². The van der Waals surface area contributed by atoms with Gasteiger partial charge in [0.1, 0.15) is 5.82 Å². The fraction of sp³-hybridized carbons (Fsp3) is 0.455. The molecular weight excluding hydrogens is 323 g/mol. The predicted octanol–water partition coefficient (Wildman–Crippen LogP) is 2.08. The maximum Gasteiger partial charge on any atom is 0.235 e. The van der Waals surface area contributed by atoms with Crippen LogP contribution in [0.25, 0.3) is 0 Å². The van der Waals surface area contributed by atoms with Gasteiger partial charge in [-0.3, -0.25) is 4.72 Å². The normalized spacial score (nSPS) is 17.7. The number of benzene rings is 1. The van der Waals surface area contributed by atoms with Gasteiger partial charge in [0.05, 0.1) is 10.9 Å². The zero-order chi connectivity index (χ0) is 13.2. The Balaban J connectivity index is 2.18. The van der Waals surface area contributed by atoms with Crippen LogP contribution in [0.5, 0.6) is 0 Å². The summed E-state index contributed by atoms with van der Waals surface area (Å²) < 4.78 is 40.7. The van der Waals surface area contributed by atoms with Gasteiger partial charge in [0, 0.05) is 4.47 Å². The van der Waals surface area contributed by atoms with Crippen molar-refractivity contribution < 1.29 is 12.8 Å². The molecule has 0 aromatic heterocycles. The summed E-state index contributed by atoms with van der Waals surface area (Å²) >= 11 is 3.19. The molecule has 1 aliphatic heterocycles. The van der Waals surface area contributed by atoms with Crippen molar-refractivity contribution in [2.45, 2.75) is 18.1 Å². The van der Waals surface area contributed by atoms with E-state index in [4.69, 9.17) is 0 Å². The van der Waals surface area contributed by atoms with Gasteiger partial charge in [-0.25, -0.2) is 12.8 Å². The zero-order valence-corrected chi connectivity index (χ0v) is 12.0. The maximum absolute atomic E-state index is 13.5.